The first-order valence-corrected chi connectivity index (χ1v) is 6.01. The molecular weight excluding hydrogens is 212 g/mol. The van der Waals surface area contributed by atoms with Crippen LogP contribution in [-0.4, -0.2) is 29.6 Å². The molecule has 0 amide bonds. The maximum Gasteiger partial charge on any atom is 0.0916 e. The zero-order chi connectivity index (χ0) is 12.7. The van der Waals surface area contributed by atoms with Gasteiger partial charge in [-0.3, -0.25) is 4.90 Å². The average molecular weight is 232 g/mol. The van der Waals surface area contributed by atoms with Gasteiger partial charge in [0.15, 0.2) is 0 Å². The van der Waals surface area contributed by atoms with E-state index in [-0.39, 0.29) is 0 Å². The highest BCUT2D eigenvalue weighted by molar-refractivity contribution is 5.23. The van der Waals surface area contributed by atoms with Gasteiger partial charge in [0, 0.05) is 19.5 Å². The molecule has 0 saturated heterocycles. The molecule has 92 valence electrons. The number of rotatable bonds is 6. The third-order valence-electron chi connectivity index (χ3n) is 2.88. The summed E-state index contributed by atoms with van der Waals surface area (Å²) >= 11 is 0. The third kappa shape index (κ3) is 4.56. The summed E-state index contributed by atoms with van der Waals surface area (Å²) in [7, 11) is 0. The van der Waals surface area contributed by atoms with E-state index in [4.69, 9.17) is 5.26 Å². The number of aliphatic hydroxyl groups is 1. The Balaban J connectivity index is 2.55. The minimum Gasteiger partial charge on any atom is -0.387 e. The molecule has 0 saturated carbocycles. The van der Waals surface area contributed by atoms with E-state index in [0.29, 0.717) is 13.0 Å². The highest BCUT2D eigenvalue weighted by Gasteiger charge is 2.11. The molecule has 1 rings (SSSR count). The van der Waals surface area contributed by atoms with Crippen molar-refractivity contribution >= 4 is 0 Å². The first kappa shape index (κ1) is 13.7. The lowest BCUT2D eigenvalue weighted by atomic mass is 10.1. The van der Waals surface area contributed by atoms with Crippen molar-refractivity contribution in [1.82, 2.24) is 4.90 Å². The van der Waals surface area contributed by atoms with Crippen molar-refractivity contribution in [3.63, 3.8) is 0 Å². The molecule has 0 aliphatic heterocycles. The summed E-state index contributed by atoms with van der Waals surface area (Å²) in [5.74, 6) is 0. The van der Waals surface area contributed by atoms with E-state index in [1.54, 1.807) is 0 Å². The fourth-order valence-corrected chi connectivity index (χ4v) is 1.73. The van der Waals surface area contributed by atoms with Crippen LogP contribution in [0.4, 0.5) is 0 Å². The largest absolute Gasteiger partial charge is 0.387 e. The quantitative estimate of drug-likeness (QED) is 0.818. The zero-order valence-electron chi connectivity index (χ0n) is 10.6. The van der Waals surface area contributed by atoms with Gasteiger partial charge in [-0.1, -0.05) is 36.8 Å². The van der Waals surface area contributed by atoms with E-state index in [1.165, 1.54) is 5.56 Å². The second kappa shape index (κ2) is 7.05. The number of nitrogens with zero attached hydrogens (tertiary/aromatic N) is 2. The Morgan fingerprint density at radius 1 is 1.35 bits per heavy atom. The molecule has 3 heteroatoms. The second-order valence-electron chi connectivity index (χ2n) is 4.23. The highest BCUT2D eigenvalue weighted by Crippen LogP contribution is 2.15. The van der Waals surface area contributed by atoms with Crippen LogP contribution < -0.4 is 0 Å². The molecule has 0 fully saturated rings. The zero-order valence-corrected chi connectivity index (χ0v) is 10.6. The number of nitriles is 1. The van der Waals surface area contributed by atoms with Gasteiger partial charge in [-0.15, -0.1) is 0 Å². The lowest BCUT2D eigenvalue weighted by Gasteiger charge is -2.22. The summed E-state index contributed by atoms with van der Waals surface area (Å²) in [6.45, 7) is 6.22. The Morgan fingerprint density at radius 2 is 2.00 bits per heavy atom. The number of hydrogen-bond acceptors (Lipinski definition) is 3. The van der Waals surface area contributed by atoms with Gasteiger partial charge < -0.3 is 5.11 Å². The van der Waals surface area contributed by atoms with Crippen molar-refractivity contribution in [3.8, 4) is 6.07 Å². The fourth-order valence-electron chi connectivity index (χ4n) is 1.73. The Kier molecular flexibility index (Phi) is 5.68. The van der Waals surface area contributed by atoms with Gasteiger partial charge in [0.25, 0.3) is 0 Å². The number of likely N-dealkylation sites (N-methyl/N-ethyl adjacent to an activating group) is 1. The molecule has 0 aliphatic rings. The van der Waals surface area contributed by atoms with E-state index in [9.17, 15) is 5.11 Å². The van der Waals surface area contributed by atoms with E-state index >= 15 is 0 Å². The molecule has 1 aromatic carbocycles. The van der Waals surface area contributed by atoms with Gasteiger partial charge in [-0.2, -0.15) is 5.26 Å². The first-order valence-electron chi connectivity index (χ1n) is 6.01. The Morgan fingerprint density at radius 3 is 2.53 bits per heavy atom. The summed E-state index contributed by atoms with van der Waals surface area (Å²) in [5.41, 5.74) is 2.13. The molecule has 17 heavy (non-hydrogen) atoms. The number of aryl methyl sites for hydroxylation is 1. The summed E-state index contributed by atoms with van der Waals surface area (Å²) in [6.07, 6.45) is 0.0308. The lowest BCUT2D eigenvalue weighted by molar-refractivity contribution is 0.117. The maximum absolute atomic E-state index is 10.1. The van der Waals surface area contributed by atoms with Crippen molar-refractivity contribution in [2.24, 2.45) is 0 Å². The lowest BCUT2D eigenvalue weighted by Crippen LogP contribution is -2.29. The van der Waals surface area contributed by atoms with Crippen LogP contribution >= 0.6 is 0 Å². The third-order valence-corrected chi connectivity index (χ3v) is 2.88. The van der Waals surface area contributed by atoms with Crippen molar-refractivity contribution in [1.29, 1.82) is 5.26 Å². The number of hydrogen-bond donors (Lipinski definition) is 1. The van der Waals surface area contributed by atoms with Gasteiger partial charge in [0.05, 0.1) is 12.2 Å². The van der Waals surface area contributed by atoms with Crippen LogP contribution in [0, 0.1) is 18.3 Å². The maximum atomic E-state index is 10.1. The van der Waals surface area contributed by atoms with E-state index in [0.717, 1.165) is 18.7 Å². The second-order valence-corrected chi connectivity index (χ2v) is 4.23. The van der Waals surface area contributed by atoms with E-state index in [1.807, 2.05) is 38.1 Å². The molecule has 0 bridgehead atoms. The van der Waals surface area contributed by atoms with Crippen molar-refractivity contribution in [2.45, 2.75) is 26.4 Å². The van der Waals surface area contributed by atoms with Gasteiger partial charge in [-0.05, 0) is 19.0 Å². The summed E-state index contributed by atoms with van der Waals surface area (Å²) in [6, 6.07) is 10.1. The van der Waals surface area contributed by atoms with Crippen LogP contribution in [0.5, 0.6) is 0 Å². The van der Waals surface area contributed by atoms with Gasteiger partial charge in [0.1, 0.15) is 0 Å². The Bertz CT molecular complexity index is 367. The molecule has 3 nitrogen and oxygen atoms in total. The highest BCUT2D eigenvalue weighted by atomic mass is 16.3. The molecule has 0 unspecified atom stereocenters. The normalized spacial score (nSPS) is 12.4. The SMILES string of the molecule is CCN(CCC#N)C[C@@H](O)c1ccc(C)cc1. The molecule has 0 aliphatic carbocycles. The summed E-state index contributed by atoms with van der Waals surface area (Å²) in [5, 5.41) is 18.6. The van der Waals surface area contributed by atoms with Crippen molar-refractivity contribution < 1.29 is 5.11 Å². The predicted octanol–water partition coefficient (Wildman–Crippen LogP) is 2.26. The molecule has 0 heterocycles. The average Bonchev–Trinajstić information content (AvgIpc) is 2.35. The monoisotopic (exact) mass is 232 g/mol. The minimum atomic E-state index is -0.478. The standard InChI is InChI=1S/C14H20N2O/c1-3-16(10-4-9-15)11-14(17)13-7-5-12(2)6-8-13/h5-8,14,17H,3-4,10-11H2,1-2H3/t14-/m1/s1. The summed E-state index contributed by atoms with van der Waals surface area (Å²) in [4.78, 5) is 2.09. The molecule has 0 spiro atoms. The molecule has 0 aromatic heterocycles. The summed E-state index contributed by atoms with van der Waals surface area (Å²) < 4.78 is 0. The fraction of sp³-hybridized carbons (Fsp3) is 0.500. The number of benzene rings is 1. The topological polar surface area (TPSA) is 47.3 Å². The van der Waals surface area contributed by atoms with Crippen LogP contribution in [0.3, 0.4) is 0 Å². The van der Waals surface area contributed by atoms with Crippen molar-refractivity contribution in [2.75, 3.05) is 19.6 Å². The van der Waals surface area contributed by atoms with Crippen LogP contribution in [0.2, 0.25) is 0 Å². The van der Waals surface area contributed by atoms with E-state index in [2.05, 4.69) is 11.0 Å². The van der Waals surface area contributed by atoms with Crippen LogP contribution in [0.25, 0.3) is 0 Å². The van der Waals surface area contributed by atoms with Gasteiger partial charge in [0.2, 0.25) is 0 Å². The molecule has 1 N–H and O–H groups in total. The Labute approximate surface area is 103 Å². The van der Waals surface area contributed by atoms with Gasteiger partial charge in [-0.25, -0.2) is 0 Å². The van der Waals surface area contributed by atoms with Crippen LogP contribution in [-0.2, 0) is 0 Å². The van der Waals surface area contributed by atoms with Crippen LogP contribution in [0.15, 0.2) is 24.3 Å². The molecule has 1 aromatic rings. The van der Waals surface area contributed by atoms with Gasteiger partial charge >= 0.3 is 0 Å². The molecular formula is C14H20N2O. The number of aliphatic hydroxyl groups excluding tert-OH is 1. The van der Waals surface area contributed by atoms with Crippen LogP contribution in [0.1, 0.15) is 30.6 Å². The molecule has 0 radical (unpaired) electrons. The molecule has 1 atom stereocenters. The minimum absolute atomic E-state index is 0.478. The smallest absolute Gasteiger partial charge is 0.0916 e. The Hall–Kier alpha value is -1.37. The van der Waals surface area contributed by atoms with Crippen molar-refractivity contribution in [3.05, 3.63) is 35.4 Å². The van der Waals surface area contributed by atoms with E-state index < -0.39 is 6.10 Å². The predicted molar refractivity (Wildman–Crippen MR) is 68.5 cm³/mol. The first-order chi connectivity index (χ1) is 8.17.